The molecule has 0 saturated carbocycles. The van der Waals surface area contributed by atoms with Gasteiger partial charge in [-0.25, -0.2) is 14.4 Å². The van der Waals surface area contributed by atoms with Crippen LogP contribution >= 0.6 is 0 Å². The van der Waals surface area contributed by atoms with Gasteiger partial charge in [0, 0.05) is 11.1 Å². The molecule has 0 amide bonds. The monoisotopic (exact) mass is 318 g/mol. The molecular weight excluding hydrogens is 308 g/mol. The highest BCUT2D eigenvalue weighted by molar-refractivity contribution is 5.64. The van der Waals surface area contributed by atoms with E-state index in [0.717, 1.165) is 6.07 Å². The number of alkyl halides is 3. The first-order valence-electron chi connectivity index (χ1n) is 6.71. The van der Waals surface area contributed by atoms with Crippen LogP contribution in [0.15, 0.2) is 60.7 Å². The Morgan fingerprint density at radius 3 is 2.00 bits per heavy atom. The number of hydrogen-bond donors (Lipinski definition) is 0. The Hall–Kier alpha value is -2.76. The van der Waals surface area contributed by atoms with Crippen LogP contribution in [-0.2, 0) is 6.18 Å². The Labute approximate surface area is 129 Å². The van der Waals surface area contributed by atoms with E-state index < -0.39 is 17.7 Å². The predicted octanol–water partition coefficient (Wildman–Crippen LogP) is 4.97. The van der Waals surface area contributed by atoms with Gasteiger partial charge in [-0.1, -0.05) is 30.3 Å². The Morgan fingerprint density at radius 2 is 1.39 bits per heavy atom. The van der Waals surface area contributed by atoms with Gasteiger partial charge in [0.05, 0.1) is 5.69 Å². The van der Waals surface area contributed by atoms with E-state index in [1.54, 1.807) is 30.3 Å². The van der Waals surface area contributed by atoms with Gasteiger partial charge >= 0.3 is 6.18 Å². The highest BCUT2D eigenvalue weighted by Gasteiger charge is 2.33. The molecule has 1 aromatic heterocycles. The van der Waals surface area contributed by atoms with E-state index in [9.17, 15) is 17.6 Å². The largest absolute Gasteiger partial charge is 0.433 e. The fourth-order valence-corrected chi connectivity index (χ4v) is 2.08. The zero-order valence-corrected chi connectivity index (χ0v) is 11.7. The van der Waals surface area contributed by atoms with Gasteiger partial charge in [0.1, 0.15) is 11.5 Å². The quantitative estimate of drug-likeness (QED) is 0.624. The van der Waals surface area contributed by atoms with Crippen molar-refractivity contribution < 1.29 is 17.6 Å². The summed E-state index contributed by atoms with van der Waals surface area (Å²) in [5, 5.41) is 0. The lowest BCUT2D eigenvalue weighted by Gasteiger charge is -2.11. The minimum Gasteiger partial charge on any atom is -0.228 e. The van der Waals surface area contributed by atoms with E-state index in [1.165, 1.54) is 24.3 Å². The van der Waals surface area contributed by atoms with Gasteiger partial charge in [-0.2, -0.15) is 13.2 Å². The molecule has 23 heavy (non-hydrogen) atoms. The normalized spacial score (nSPS) is 11.5. The second kappa shape index (κ2) is 5.79. The molecule has 0 unspecified atom stereocenters. The van der Waals surface area contributed by atoms with E-state index in [0.29, 0.717) is 11.1 Å². The molecule has 0 fully saturated rings. The maximum absolute atomic E-state index is 13.1. The molecule has 6 heteroatoms. The van der Waals surface area contributed by atoms with Crippen molar-refractivity contribution in [2.75, 3.05) is 0 Å². The summed E-state index contributed by atoms with van der Waals surface area (Å²) < 4.78 is 52.3. The van der Waals surface area contributed by atoms with Crippen molar-refractivity contribution in [3.05, 3.63) is 72.2 Å². The maximum atomic E-state index is 13.1. The van der Waals surface area contributed by atoms with E-state index in [-0.39, 0.29) is 11.5 Å². The molecule has 2 nitrogen and oxygen atoms in total. The lowest BCUT2D eigenvalue weighted by atomic mass is 10.1. The van der Waals surface area contributed by atoms with Crippen molar-refractivity contribution in [3.63, 3.8) is 0 Å². The molecule has 3 aromatic rings. The van der Waals surface area contributed by atoms with Crippen molar-refractivity contribution in [2.24, 2.45) is 0 Å². The molecule has 0 radical (unpaired) electrons. The minimum atomic E-state index is -4.60. The summed E-state index contributed by atoms with van der Waals surface area (Å²) in [6.07, 6.45) is -4.60. The molecule has 1 heterocycles. The fraction of sp³-hybridized carbons (Fsp3) is 0.0588. The van der Waals surface area contributed by atoms with Gasteiger partial charge in [0.2, 0.25) is 0 Å². The molecule has 0 aliphatic heterocycles. The summed E-state index contributed by atoms with van der Waals surface area (Å²) in [6, 6.07) is 14.4. The van der Waals surface area contributed by atoms with Crippen LogP contribution in [0.25, 0.3) is 22.6 Å². The van der Waals surface area contributed by atoms with Crippen LogP contribution in [0, 0.1) is 5.82 Å². The average molecular weight is 318 g/mol. The maximum Gasteiger partial charge on any atom is 0.433 e. The Kier molecular flexibility index (Phi) is 3.82. The van der Waals surface area contributed by atoms with Crippen LogP contribution in [-0.4, -0.2) is 9.97 Å². The number of halogens is 4. The Bertz CT molecular complexity index is 812. The molecule has 0 N–H and O–H groups in total. The third-order valence-electron chi connectivity index (χ3n) is 3.19. The lowest BCUT2D eigenvalue weighted by molar-refractivity contribution is -0.141. The summed E-state index contributed by atoms with van der Waals surface area (Å²) in [6.45, 7) is 0. The smallest absolute Gasteiger partial charge is 0.228 e. The van der Waals surface area contributed by atoms with Crippen LogP contribution in [0.4, 0.5) is 17.6 Å². The summed E-state index contributed by atoms with van der Waals surface area (Å²) >= 11 is 0. The standard InChI is InChI=1S/C17H10F4N2/c18-13-8-6-11(7-9-13)14-10-15(17(19,20)21)23-16(22-14)12-4-2-1-3-5-12/h1-10H. The third-order valence-corrected chi connectivity index (χ3v) is 3.19. The lowest BCUT2D eigenvalue weighted by Crippen LogP contribution is -2.10. The molecule has 0 aliphatic rings. The van der Waals surface area contributed by atoms with Crippen molar-refractivity contribution in [1.82, 2.24) is 9.97 Å². The average Bonchev–Trinajstić information content (AvgIpc) is 2.55. The first-order valence-corrected chi connectivity index (χ1v) is 6.71. The van der Waals surface area contributed by atoms with E-state index in [2.05, 4.69) is 9.97 Å². The second-order valence-corrected chi connectivity index (χ2v) is 4.83. The van der Waals surface area contributed by atoms with Crippen LogP contribution < -0.4 is 0 Å². The van der Waals surface area contributed by atoms with Gasteiger partial charge < -0.3 is 0 Å². The second-order valence-electron chi connectivity index (χ2n) is 4.83. The molecule has 0 spiro atoms. The van der Waals surface area contributed by atoms with Crippen LogP contribution in [0.5, 0.6) is 0 Å². The van der Waals surface area contributed by atoms with E-state index in [1.807, 2.05) is 0 Å². The highest BCUT2D eigenvalue weighted by atomic mass is 19.4. The summed E-state index contributed by atoms with van der Waals surface area (Å²) in [7, 11) is 0. The number of aromatic nitrogens is 2. The summed E-state index contributed by atoms with van der Waals surface area (Å²) in [5.41, 5.74) is -0.0877. The SMILES string of the molecule is Fc1ccc(-c2cc(C(F)(F)F)nc(-c3ccccc3)n2)cc1. The molecule has 0 bridgehead atoms. The van der Waals surface area contributed by atoms with Gasteiger partial charge in [0.15, 0.2) is 5.82 Å². The Morgan fingerprint density at radius 1 is 0.739 bits per heavy atom. The molecule has 0 atom stereocenters. The summed E-state index contributed by atoms with van der Waals surface area (Å²) in [5.74, 6) is -0.498. The van der Waals surface area contributed by atoms with Gasteiger partial charge in [-0.05, 0) is 30.3 Å². The zero-order valence-electron chi connectivity index (χ0n) is 11.7. The van der Waals surface area contributed by atoms with Crippen LogP contribution in [0.3, 0.4) is 0 Å². The fourth-order valence-electron chi connectivity index (χ4n) is 2.08. The van der Waals surface area contributed by atoms with E-state index >= 15 is 0 Å². The van der Waals surface area contributed by atoms with Gasteiger partial charge in [-0.3, -0.25) is 0 Å². The molecule has 0 aliphatic carbocycles. The van der Waals surface area contributed by atoms with Crippen molar-refractivity contribution >= 4 is 0 Å². The van der Waals surface area contributed by atoms with Crippen molar-refractivity contribution in [2.45, 2.75) is 6.18 Å². The number of rotatable bonds is 2. The third kappa shape index (κ3) is 3.36. The first-order chi connectivity index (χ1) is 10.9. The topological polar surface area (TPSA) is 25.8 Å². The van der Waals surface area contributed by atoms with Crippen LogP contribution in [0.1, 0.15) is 5.69 Å². The molecule has 3 rings (SSSR count). The van der Waals surface area contributed by atoms with Gasteiger partial charge in [0.25, 0.3) is 0 Å². The molecule has 2 aromatic carbocycles. The number of benzene rings is 2. The minimum absolute atomic E-state index is 0.0280. The van der Waals surface area contributed by atoms with E-state index in [4.69, 9.17) is 0 Å². The van der Waals surface area contributed by atoms with Gasteiger partial charge in [-0.15, -0.1) is 0 Å². The van der Waals surface area contributed by atoms with Crippen molar-refractivity contribution in [3.8, 4) is 22.6 Å². The first kappa shape index (κ1) is 15.1. The molecule has 0 saturated heterocycles. The molecular formula is C17H10F4N2. The molecule has 116 valence electrons. The van der Waals surface area contributed by atoms with Crippen molar-refractivity contribution in [1.29, 1.82) is 0 Å². The predicted molar refractivity (Wildman–Crippen MR) is 77.9 cm³/mol. The summed E-state index contributed by atoms with van der Waals surface area (Å²) in [4.78, 5) is 7.79. The number of hydrogen-bond acceptors (Lipinski definition) is 2. The van der Waals surface area contributed by atoms with Crippen LogP contribution in [0.2, 0.25) is 0 Å². The zero-order chi connectivity index (χ0) is 16.4. The number of nitrogens with zero attached hydrogens (tertiary/aromatic N) is 2. The Balaban J connectivity index is 2.18. The highest BCUT2D eigenvalue weighted by Crippen LogP contribution is 2.32.